The molecule has 2 nitrogen and oxygen atoms in total. The summed E-state index contributed by atoms with van der Waals surface area (Å²) in [6.45, 7) is 1.20. The molecule has 0 radical (unpaired) electrons. The Morgan fingerprint density at radius 2 is 2.14 bits per heavy atom. The van der Waals surface area contributed by atoms with Crippen LogP contribution in [0, 0.1) is 0 Å². The van der Waals surface area contributed by atoms with E-state index >= 15 is 0 Å². The Hall–Kier alpha value is -0.710. The number of hydrogen-bond acceptors (Lipinski definition) is 2. The highest BCUT2D eigenvalue weighted by Gasteiger charge is 2.18. The Balaban J connectivity index is 1.85. The van der Waals surface area contributed by atoms with Crippen LogP contribution < -0.4 is 9.47 Å². The molecule has 0 N–H and O–H groups in total. The van der Waals surface area contributed by atoms with E-state index in [2.05, 4.69) is 37.9 Å². The van der Waals surface area contributed by atoms with Crippen molar-refractivity contribution < 1.29 is 9.47 Å². The zero-order valence-electron chi connectivity index (χ0n) is 11.2. The average molecular weight is 433 g/mol. The van der Waals surface area contributed by atoms with Crippen LogP contribution in [-0.2, 0) is 18.4 Å². The molecule has 2 aromatic rings. The zero-order chi connectivity index (χ0) is 14.8. The topological polar surface area (TPSA) is 18.5 Å². The van der Waals surface area contributed by atoms with E-state index in [1.807, 2.05) is 24.3 Å². The van der Waals surface area contributed by atoms with Crippen molar-refractivity contribution in [2.24, 2.45) is 0 Å². The van der Waals surface area contributed by atoms with E-state index in [4.69, 9.17) is 21.1 Å². The molecule has 3 rings (SSSR count). The molecule has 2 aromatic carbocycles. The van der Waals surface area contributed by atoms with Gasteiger partial charge in [-0.05, 0) is 29.8 Å². The fourth-order valence-electron chi connectivity index (χ4n) is 2.41. The molecule has 0 spiro atoms. The number of fused-ring (bicyclic) bond motifs is 1. The van der Waals surface area contributed by atoms with Crippen molar-refractivity contribution in [3.8, 4) is 11.5 Å². The molecular formula is C16H13Br2ClO2. The van der Waals surface area contributed by atoms with E-state index in [1.54, 1.807) is 0 Å². The number of hydrogen-bond donors (Lipinski definition) is 0. The Kier molecular flexibility index (Phi) is 4.77. The third-order valence-electron chi connectivity index (χ3n) is 3.42. The monoisotopic (exact) mass is 430 g/mol. The molecule has 0 aliphatic carbocycles. The van der Waals surface area contributed by atoms with Gasteiger partial charge in [0.15, 0.2) is 0 Å². The summed E-state index contributed by atoms with van der Waals surface area (Å²) in [7, 11) is 0. The van der Waals surface area contributed by atoms with Gasteiger partial charge in [-0.25, -0.2) is 0 Å². The summed E-state index contributed by atoms with van der Waals surface area (Å²) in [6.07, 6.45) is 0.950. The summed E-state index contributed by atoms with van der Waals surface area (Å²) < 4.78 is 12.7. The molecular weight excluding hydrogens is 419 g/mol. The molecule has 1 aliphatic rings. The van der Waals surface area contributed by atoms with Crippen molar-refractivity contribution in [3.63, 3.8) is 0 Å². The summed E-state index contributed by atoms with van der Waals surface area (Å²) in [6, 6.07) is 9.84. The first-order chi connectivity index (χ1) is 10.2. The van der Waals surface area contributed by atoms with Crippen LogP contribution in [0.1, 0.15) is 16.7 Å². The molecule has 5 heteroatoms. The molecule has 0 saturated heterocycles. The minimum atomic E-state index is 0.460. The third-order valence-corrected chi connectivity index (χ3v) is 4.79. The molecule has 0 atom stereocenters. The molecule has 0 amide bonds. The van der Waals surface area contributed by atoms with Crippen LogP contribution in [0.3, 0.4) is 0 Å². The van der Waals surface area contributed by atoms with Crippen molar-refractivity contribution in [1.29, 1.82) is 0 Å². The Labute approximate surface area is 145 Å². The van der Waals surface area contributed by atoms with Crippen LogP contribution in [0.4, 0.5) is 0 Å². The first kappa shape index (κ1) is 15.2. The Morgan fingerprint density at radius 1 is 1.29 bits per heavy atom. The molecule has 1 aliphatic heterocycles. The van der Waals surface area contributed by atoms with Crippen LogP contribution in [0.2, 0.25) is 5.02 Å². The van der Waals surface area contributed by atoms with Crippen LogP contribution in [0.15, 0.2) is 34.8 Å². The van der Waals surface area contributed by atoms with Gasteiger partial charge in [-0.2, -0.15) is 0 Å². The highest BCUT2D eigenvalue weighted by atomic mass is 79.9. The number of rotatable bonds is 4. The average Bonchev–Trinajstić information content (AvgIpc) is 2.93. The van der Waals surface area contributed by atoms with Crippen molar-refractivity contribution >= 4 is 43.5 Å². The van der Waals surface area contributed by atoms with E-state index in [-0.39, 0.29) is 0 Å². The Bertz CT molecular complexity index is 674. The second kappa shape index (κ2) is 6.59. The molecule has 0 bridgehead atoms. The van der Waals surface area contributed by atoms with Crippen LogP contribution in [0.25, 0.3) is 0 Å². The largest absolute Gasteiger partial charge is 0.493 e. The maximum absolute atomic E-state index is 6.19. The van der Waals surface area contributed by atoms with Gasteiger partial charge in [-0.3, -0.25) is 0 Å². The number of benzene rings is 2. The number of ether oxygens (including phenoxy) is 2. The molecule has 0 aromatic heterocycles. The summed E-state index contributed by atoms with van der Waals surface area (Å²) >= 11 is 13.2. The van der Waals surface area contributed by atoms with E-state index in [0.29, 0.717) is 17.0 Å². The van der Waals surface area contributed by atoms with Gasteiger partial charge >= 0.3 is 0 Å². The lowest BCUT2D eigenvalue weighted by Crippen LogP contribution is -2.00. The van der Waals surface area contributed by atoms with Crippen molar-refractivity contribution in [2.45, 2.75) is 18.4 Å². The molecule has 0 fully saturated rings. The summed E-state index contributed by atoms with van der Waals surface area (Å²) in [4.78, 5) is 0. The molecule has 0 saturated carbocycles. The van der Waals surface area contributed by atoms with Crippen LogP contribution in [0.5, 0.6) is 11.5 Å². The van der Waals surface area contributed by atoms with Crippen molar-refractivity contribution in [2.75, 3.05) is 6.61 Å². The first-order valence-corrected chi connectivity index (χ1v) is 8.88. The summed E-state index contributed by atoms with van der Waals surface area (Å²) in [5.41, 5.74) is 3.25. The van der Waals surface area contributed by atoms with Crippen molar-refractivity contribution in [3.05, 3.63) is 56.5 Å². The molecule has 21 heavy (non-hydrogen) atoms. The zero-order valence-corrected chi connectivity index (χ0v) is 15.1. The fraction of sp³-hybridized carbons (Fsp3) is 0.250. The van der Waals surface area contributed by atoms with Gasteiger partial charge in [0, 0.05) is 32.4 Å². The van der Waals surface area contributed by atoms with Gasteiger partial charge < -0.3 is 9.47 Å². The minimum Gasteiger partial charge on any atom is -0.493 e. The molecule has 1 heterocycles. The lowest BCUT2D eigenvalue weighted by molar-refractivity contribution is 0.290. The van der Waals surface area contributed by atoms with Gasteiger partial charge in [0.1, 0.15) is 18.1 Å². The molecule has 110 valence electrons. The quantitative estimate of drug-likeness (QED) is 0.593. The number of halogens is 3. The third kappa shape index (κ3) is 3.22. The first-order valence-electron chi connectivity index (χ1n) is 6.59. The second-order valence-corrected chi connectivity index (χ2v) is 6.67. The summed E-state index contributed by atoms with van der Waals surface area (Å²) in [5, 5.41) is 1.37. The normalized spacial score (nSPS) is 12.9. The standard InChI is InChI=1S/C16H13Br2ClO2/c17-8-13-14(19)2-1-3-15(13)21-9-11-7-12(18)6-10-4-5-20-16(10)11/h1-3,6-7H,4-5,8-9H2. The van der Waals surface area contributed by atoms with Gasteiger partial charge in [-0.1, -0.05) is 49.5 Å². The van der Waals surface area contributed by atoms with Gasteiger partial charge in [-0.15, -0.1) is 0 Å². The second-order valence-electron chi connectivity index (χ2n) is 4.79. The minimum absolute atomic E-state index is 0.460. The Morgan fingerprint density at radius 3 is 2.95 bits per heavy atom. The predicted octanol–water partition coefficient (Wildman–Crippen LogP) is 5.51. The highest BCUT2D eigenvalue weighted by Crippen LogP contribution is 2.35. The van der Waals surface area contributed by atoms with E-state index in [9.17, 15) is 0 Å². The lowest BCUT2D eigenvalue weighted by Gasteiger charge is -2.13. The van der Waals surface area contributed by atoms with Gasteiger partial charge in [0.2, 0.25) is 0 Å². The number of alkyl halides is 1. The summed E-state index contributed by atoms with van der Waals surface area (Å²) in [5.74, 6) is 1.76. The van der Waals surface area contributed by atoms with Gasteiger partial charge in [0.25, 0.3) is 0 Å². The lowest BCUT2D eigenvalue weighted by atomic mass is 10.1. The predicted molar refractivity (Wildman–Crippen MR) is 91.8 cm³/mol. The van der Waals surface area contributed by atoms with Crippen LogP contribution >= 0.6 is 43.5 Å². The molecule has 0 unspecified atom stereocenters. The van der Waals surface area contributed by atoms with E-state index in [0.717, 1.165) is 40.1 Å². The highest BCUT2D eigenvalue weighted by molar-refractivity contribution is 9.10. The van der Waals surface area contributed by atoms with Gasteiger partial charge in [0.05, 0.1) is 6.61 Å². The van der Waals surface area contributed by atoms with E-state index < -0.39 is 0 Å². The fourth-order valence-corrected chi connectivity index (χ4v) is 3.94. The SMILES string of the molecule is Clc1cccc(OCc2cc(Br)cc3c2OCC3)c1CBr. The maximum Gasteiger partial charge on any atom is 0.129 e. The van der Waals surface area contributed by atoms with E-state index in [1.165, 1.54) is 5.56 Å². The van der Waals surface area contributed by atoms with Crippen molar-refractivity contribution in [1.82, 2.24) is 0 Å². The maximum atomic E-state index is 6.19. The van der Waals surface area contributed by atoms with Crippen LogP contribution in [-0.4, -0.2) is 6.61 Å². The smallest absolute Gasteiger partial charge is 0.129 e.